The molecule has 2 nitrogen and oxygen atoms in total. The number of benzene rings is 1. The van der Waals surface area contributed by atoms with Crippen LogP contribution in [0.4, 0.5) is 5.69 Å². The van der Waals surface area contributed by atoms with Crippen molar-refractivity contribution in [1.82, 2.24) is 0 Å². The van der Waals surface area contributed by atoms with Gasteiger partial charge in [0.15, 0.2) is 0 Å². The number of nitrogens with one attached hydrogen (secondary N) is 1. The molecule has 0 fully saturated rings. The largest absolute Gasteiger partial charge is 0.388 e. The van der Waals surface area contributed by atoms with Crippen molar-refractivity contribution in [3.05, 3.63) is 29.3 Å². The van der Waals surface area contributed by atoms with Crippen LogP contribution in [0.15, 0.2) is 18.2 Å². The Labute approximate surface area is 80.1 Å². The monoisotopic (exact) mass is 178 g/mol. The van der Waals surface area contributed by atoms with Gasteiger partial charge in [0.05, 0.1) is 0 Å². The van der Waals surface area contributed by atoms with Gasteiger partial charge in [0, 0.05) is 18.8 Å². The molecule has 0 aliphatic heterocycles. The Bertz CT molecular complexity index is 279. The maximum Gasteiger partial charge on any atom is 0.0370 e. The Balaban J connectivity index is 2.86. The van der Waals surface area contributed by atoms with Gasteiger partial charge in [0.1, 0.15) is 0 Å². The van der Waals surface area contributed by atoms with Gasteiger partial charge in [0.2, 0.25) is 0 Å². The van der Waals surface area contributed by atoms with Gasteiger partial charge in [0.25, 0.3) is 0 Å². The van der Waals surface area contributed by atoms with Crippen molar-refractivity contribution in [2.45, 2.75) is 26.3 Å². The highest BCUT2D eigenvalue weighted by atomic mass is 14.8. The summed E-state index contributed by atoms with van der Waals surface area (Å²) < 4.78 is 0. The first-order chi connectivity index (χ1) is 6.13. The average Bonchev–Trinajstić information content (AvgIpc) is 2.07. The summed E-state index contributed by atoms with van der Waals surface area (Å²) in [5, 5.41) is 3.17. The van der Waals surface area contributed by atoms with Gasteiger partial charge in [-0.2, -0.15) is 0 Å². The molecule has 0 radical (unpaired) electrons. The molecular formula is C11H18N2. The van der Waals surface area contributed by atoms with Crippen molar-refractivity contribution in [2.24, 2.45) is 5.73 Å². The maximum atomic E-state index is 5.73. The first-order valence-electron chi connectivity index (χ1n) is 4.66. The molecule has 0 saturated heterocycles. The van der Waals surface area contributed by atoms with E-state index in [0.29, 0.717) is 0 Å². The summed E-state index contributed by atoms with van der Waals surface area (Å²) >= 11 is 0. The summed E-state index contributed by atoms with van der Waals surface area (Å²) in [7, 11) is 1.94. The fraction of sp³-hybridized carbons (Fsp3) is 0.455. The highest BCUT2D eigenvalue weighted by Gasteiger charge is 2.00. The summed E-state index contributed by atoms with van der Waals surface area (Å²) in [5.41, 5.74) is 9.50. The van der Waals surface area contributed by atoms with E-state index in [-0.39, 0.29) is 6.04 Å². The number of hydrogen-bond acceptors (Lipinski definition) is 2. The molecule has 0 spiro atoms. The van der Waals surface area contributed by atoms with E-state index in [0.717, 1.165) is 6.42 Å². The molecular weight excluding hydrogens is 160 g/mol. The molecule has 0 aliphatic rings. The SMILES string of the molecule is CNc1cc(CC(C)N)ccc1C. The standard InChI is InChI=1S/C11H18N2/c1-8-4-5-10(6-9(2)12)7-11(8)13-3/h4-5,7,9,13H,6,12H2,1-3H3. The molecule has 0 amide bonds. The third-order valence-electron chi connectivity index (χ3n) is 2.13. The lowest BCUT2D eigenvalue weighted by Gasteiger charge is -2.09. The number of aryl methyl sites for hydroxylation is 1. The molecule has 0 heterocycles. The van der Waals surface area contributed by atoms with Crippen LogP contribution in [-0.4, -0.2) is 13.1 Å². The first-order valence-corrected chi connectivity index (χ1v) is 4.66. The topological polar surface area (TPSA) is 38.0 Å². The van der Waals surface area contributed by atoms with Gasteiger partial charge in [-0.25, -0.2) is 0 Å². The van der Waals surface area contributed by atoms with E-state index in [2.05, 4.69) is 30.4 Å². The minimum atomic E-state index is 0.229. The van der Waals surface area contributed by atoms with Gasteiger partial charge in [-0.1, -0.05) is 12.1 Å². The van der Waals surface area contributed by atoms with E-state index in [1.165, 1.54) is 16.8 Å². The number of hydrogen-bond donors (Lipinski definition) is 2. The molecule has 72 valence electrons. The van der Waals surface area contributed by atoms with E-state index < -0.39 is 0 Å². The van der Waals surface area contributed by atoms with E-state index in [9.17, 15) is 0 Å². The first kappa shape index (κ1) is 10.1. The minimum Gasteiger partial charge on any atom is -0.388 e. The van der Waals surface area contributed by atoms with Crippen LogP contribution < -0.4 is 11.1 Å². The van der Waals surface area contributed by atoms with Crippen molar-refractivity contribution in [1.29, 1.82) is 0 Å². The zero-order valence-electron chi connectivity index (χ0n) is 8.59. The zero-order chi connectivity index (χ0) is 9.84. The second-order valence-corrected chi connectivity index (χ2v) is 3.58. The molecule has 13 heavy (non-hydrogen) atoms. The predicted molar refractivity (Wildman–Crippen MR) is 58.1 cm³/mol. The van der Waals surface area contributed by atoms with E-state index in [1.807, 2.05) is 14.0 Å². The summed E-state index contributed by atoms with van der Waals surface area (Å²) in [6.45, 7) is 4.13. The molecule has 0 aliphatic carbocycles. The Kier molecular flexibility index (Phi) is 3.32. The van der Waals surface area contributed by atoms with Crippen LogP contribution in [0.1, 0.15) is 18.1 Å². The third kappa shape index (κ3) is 2.74. The molecule has 2 heteroatoms. The van der Waals surface area contributed by atoms with Crippen LogP contribution >= 0.6 is 0 Å². The Morgan fingerprint density at radius 3 is 2.69 bits per heavy atom. The van der Waals surface area contributed by atoms with Crippen LogP contribution in [-0.2, 0) is 6.42 Å². The number of nitrogens with two attached hydrogens (primary N) is 1. The molecule has 1 atom stereocenters. The molecule has 1 rings (SSSR count). The quantitative estimate of drug-likeness (QED) is 0.742. The highest BCUT2D eigenvalue weighted by molar-refractivity contribution is 5.52. The van der Waals surface area contributed by atoms with Gasteiger partial charge in [-0.05, 0) is 37.5 Å². The Morgan fingerprint density at radius 2 is 2.15 bits per heavy atom. The lowest BCUT2D eigenvalue weighted by Crippen LogP contribution is -2.17. The summed E-state index contributed by atoms with van der Waals surface area (Å²) in [5.74, 6) is 0. The van der Waals surface area contributed by atoms with E-state index in [4.69, 9.17) is 5.73 Å². The van der Waals surface area contributed by atoms with Crippen molar-refractivity contribution in [3.63, 3.8) is 0 Å². The van der Waals surface area contributed by atoms with Gasteiger partial charge >= 0.3 is 0 Å². The van der Waals surface area contributed by atoms with Gasteiger partial charge in [-0.15, -0.1) is 0 Å². The maximum absolute atomic E-state index is 5.73. The van der Waals surface area contributed by atoms with Crippen molar-refractivity contribution in [2.75, 3.05) is 12.4 Å². The second-order valence-electron chi connectivity index (χ2n) is 3.58. The number of rotatable bonds is 3. The summed E-state index contributed by atoms with van der Waals surface area (Å²) in [6.07, 6.45) is 0.939. The fourth-order valence-electron chi connectivity index (χ4n) is 1.44. The van der Waals surface area contributed by atoms with Crippen molar-refractivity contribution in [3.8, 4) is 0 Å². The van der Waals surface area contributed by atoms with E-state index in [1.54, 1.807) is 0 Å². The highest BCUT2D eigenvalue weighted by Crippen LogP contribution is 2.16. The molecule has 0 bridgehead atoms. The molecule has 0 aromatic heterocycles. The zero-order valence-corrected chi connectivity index (χ0v) is 8.59. The predicted octanol–water partition coefficient (Wildman–Crippen LogP) is 1.93. The molecule has 3 N–H and O–H groups in total. The van der Waals surface area contributed by atoms with Crippen LogP contribution in [0.5, 0.6) is 0 Å². The van der Waals surface area contributed by atoms with Crippen LogP contribution in [0.2, 0.25) is 0 Å². The van der Waals surface area contributed by atoms with E-state index >= 15 is 0 Å². The summed E-state index contributed by atoms with van der Waals surface area (Å²) in [6, 6.07) is 6.66. The molecule has 0 saturated carbocycles. The molecule has 1 aromatic carbocycles. The average molecular weight is 178 g/mol. The van der Waals surface area contributed by atoms with Crippen molar-refractivity contribution >= 4 is 5.69 Å². The van der Waals surface area contributed by atoms with Crippen molar-refractivity contribution < 1.29 is 0 Å². The third-order valence-corrected chi connectivity index (χ3v) is 2.13. The van der Waals surface area contributed by atoms with Crippen LogP contribution in [0.25, 0.3) is 0 Å². The summed E-state index contributed by atoms with van der Waals surface area (Å²) in [4.78, 5) is 0. The van der Waals surface area contributed by atoms with Crippen LogP contribution in [0, 0.1) is 6.92 Å². The number of anilines is 1. The Hall–Kier alpha value is -1.02. The van der Waals surface area contributed by atoms with Crippen LogP contribution in [0.3, 0.4) is 0 Å². The van der Waals surface area contributed by atoms with Gasteiger partial charge in [-0.3, -0.25) is 0 Å². The fourth-order valence-corrected chi connectivity index (χ4v) is 1.44. The molecule has 1 aromatic rings. The normalized spacial score (nSPS) is 12.6. The smallest absolute Gasteiger partial charge is 0.0370 e. The molecule has 1 unspecified atom stereocenters. The lowest BCUT2D eigenvalue weighted by atomic mass is 10.0. The Morgan fingerprint density at radius 1 is 1.46 bits per heavy atom. The minimum absolute atomic E-state index is 0.229. The lowest BCUT2D eigenvalue weighted by molar-refractivity contribution is 0.738. The second kappa shape index (κ2) is 4.28. The van der Waals surface area contributed by atoms with Gasteiger partial charge < -0.3 is 11.1 Å².